The normalized spacial score (nSPS) is 20.5. The van der Waals surface area contributed by atoms with Gasteiger partial charge in [-0.1, -0.05) is 6.07 Å². The van der Waals surface area contributed by atoms with Crippen LogP contribution in [0.15, 0.2) is 23.6 Å². The molecular weight excluding hydrogens is 202 g/mol. The van der Waals surface area contributed by atoms with Crippen molar-refractivity contribution in [2.75, 3.05) is 6.54 Å². The van der Waals surface area contributed by atoms with Crippen molar-refractivity contribution >= 4 is 21.4 Å². The highest BCUT2D eigenvalue weighted by Gasteiger charge is 2.21. The first-order valence-corrected chi connectivity index (χ1v) is 6.47. The first-order chi connectivity index (χ1) is 7.40. The van der Waals surface area contributed by atoms with Gasteiger partial charge in [0.2, 0.25) is 0 Å². The Balaban J connectivity index is 2.28. The van der Waals surface area contributed by atoms with Crippen molar-refractivity contribution in [3.8, 4) is 0 Å². The van der Waals surface area contributed by atoms with Crippen LogP contribution in [0.25, 0.3) is 10.1 Å². The molecule has 1 atom stereocenters. The molecule has 1 aromatic carbocycles. The Morgan fingerprint density at radius 3 is 3.13 bits per heavy atom. The molecule has 0 saturated heterocycles. The van der Waals surface area contributed by atoms with Gasteiger partial charge in [0.1, 0.15) is 0 Å². The fourth-order valence-corrected chi connectivity index (χ4v) is 3.53. The third kappa shape index (κ3) is 1.40. The van der Waals surface area contributed by atoms with E-state index in [0.29, 0.717) is 5.92 Å². The topological polar surface area (TPSA) is 26.0 Å². The van der Waals surface area contributed by atoms with Gasteiger partial charge in [0, 0.05) is 4.70 Å². The van der Waals surface area contributed by atoms with Crippen LogP contribution in [-0.2, 0) is 6.42 Å². The van der Waals surface area contributed by atoms with Gasteiger partial charge in [-0.3, -0.25) is 0 Å². The van der Waals surface area contributed by atoms with Crippen molar-refractivity contribution < 1.29 is 0 Å². The second-order valence-corrected chi connectivity index (χ2v) is 5.24. The molecule has 2 N–H and O–H groups in total. The summed E-state index contributed by atoms with van der Waals surface area (Å²) in [6.07, 6.45) is 3.79. The van der Waals surface area contributed by atoms with Crippen molar-refractivity contribution in [3.05, 3.63) is 34.7 Å². The van der Waals surface area contributed by atoms with Crippen molar-refractivity contribution in [2.24, 2.45) is 5.73 Å². The molecule has 0 saturated carbocycles. The summed E-state index contributed by atoms with van der Waals surface area (Å²) < 4.78 is 1.41. The van der Waals surface area contributed by atoms with E-state index in [1.54, 1.807) is 5.56 Å². The van der Waals surface area contributed by atoms with E-state index in [-0.39, 0.29) is 0 Å². The Bertz CT molecular complexity index is 486. The zero-order valence-electron chi connectivity index (χ0n) is 8.70. The summed E-state index contributed by atoms with van der Waals surface area (Å²) in [5, 5.41) is 3.64. The van der Waals surface area contributed by atoms with E-state index in [2.05, 4.69) is 23.6 Å². The Labute approximate surface area is 93.9 Å². The molecule has 78 valence electrons. The zero-order chi connectivity index (χ0) is 10.3. The minimum absolute atomic E-state index is 0.590. The van der Waals surface area contributed by atoms with Gasteiger partial charge < -0.3 is 5.73 Å². The molecule has 1 aliphatic rings. The lowest BCUT2D eigenvalue weighted by atomic mass is 9.81. The van der Waals surface area contributed by atoms with Crippen molar-refractivity contribution in [3.63, 3.8) is 0 Å². The van der Waals surface area contributed by atoms with Crippen LogP contribution < -0.4 is 5.73 Å². The zero-order valence-corrected chi connectivity index (χ0v) is 9.52. The quantitative estimate of drug-likeness (QED) is 0.779. The monoisotopic (exact) mass is 217 g/mol. The molecule has 1 heterocycles. The molecule has 0 fully saturated rings. The van der Waals surface area contributed by atoms with Gasteiger partial charge in [-0.25, -0.2) is 0 Å². The second-order valence-electron chi connectivity index (χ2n) is 4.30. The van der Waals surface area contributed by atoms with Gasteiger partial charge in [0.25, 0.3) is 0 Å². The summed E-state index contributed by atoms with van der Waals surface area (Å²) >= 11 is 1.83. The van der Waals surface area contributed by atoms with Gasteiger partial charge in [-0.15, -0.1) is 11.3 Å². The molecule has 1 aliphatic carbocycles. The van der Waals surface area contributed by atoms with Crippen LogP contribution in [0.4, 0.5) is 0 Å². The van der Waals surface area contributed by atoms with Crippen LogP contribution in [0.3, 0.4) is 0 Å². The molecule has 0 radical (unpaired) electrons. The molecule has 3 rings (SSSR count). The fraction of sp³-hybridized carbons (Fsp3) is 0.385. The Morgan fingerprint density at radius 2 is 2.27 bits per heavy atom. The van der Waals surface area contributed by atoms with E-state index in [0.717, 1.165) is 6.54 Å². The summed E-state index contributed by atoms with van der Waals surface area (Å²) in [6.45, 7) is 0.794. The highest BCUT2D eigenvalue weighted by Crippen LogP contribution is 2.37. The predicted octanol–water partition coefficient (Wildman–Crippen LogP) is 3.28. The number of benzene rings is 1. The maximum Gasteiger partial charge on any atom is 0.0345 e. The average Bonchev–Trinajstić information content (AvgIpc) is 2.76. The van der Waals surface area contributed by atoms with E-state index in [9.17, 15) is 0 Å². The van der Waals surface area contributed by atoms with E-state index < -0.39 is 0 Å². The summed E-state index contributed by atoms with van der Waals surface area (Å²) in [6, 6.07) is 6.82. The highest BCUT2D eigenvalue weighted by atomic mass is 32.1. The Kier molecular flexibility index (Phi) is 2.26. The minimum Gasteiger partial charge on any atom is -0.330 e. The van der Waals surface area contributed by atoms with Crippen LogP contribution in [0.2, 0.25) is 0 Å². The average molecular weight is 217 g/mol. The van der Waals surface area contributed by atoms with E-state index >= 15 is 0 Å². The van der Waals surface area contributed by atoms with Gasteiger partial charge in [-0.05, 0) is 65.8 Å². The standard InChI is InChI=1S/C13H15NS/c14-8-10-3-1-2-9-4-5-12-11(13(9)10)6-7-15-12/h4-7,10H,1-3,8,14H2. The lowest BCUT2D eigenvalue weighted by Crippen LogP contribution is -2.18. The summed E-state index contributed by atoms with van der Waals surface area (Å²) in [4.78, 5) is 0. The molecule has 1 aromatic heterocycles. The van der Waals surface area contributed by atoms with Crippen LogP contribution >= 0.6 is 11.3 Å². The fourth-order valence-electron chi connectivity index (χ4n) is 2.73. The molecule has 1 nitrogen and oxygen atoms in total. The molecule has 0 amide bonds. The maximum atomic E-state index is 5.88. The molecule has 0 aliphatic heterocycles. The molecule has 0 spiro atoms. The second kappa shape index (κ2) is 3.62. The summed E-state index contributed by atoms with van der Waals surface area (Å²) in [5.74, 6) is 0.590. The van der Waals surface area contributed by atoms with Gasteiger partial charge >= 0.3 is 0 Å². The highest BCUT2D eigenvalue weighted by molar-refractivity contribution is 7.17. The third-order valence-electron chi connectivity index (χ3n) is 3.46. The lowest BCUT2D eigenvalue weighted by molar-refractivity contribution is 0.565. The first kappa shape index (κ1) is 9.37. The number of nitrogens with two attached hydrogens (primary N) is 1. The molecule has 0 bridgehead atoms. The number of aryl methyl sites for hydroxylation is 1. The van der Waals surface area contributed by atoms with Crippen LogP contribution in [0.5, 0.6) is 0 Å². The summed E-state index contributed by atoms with van der Waals surface area (Å²) in [7, 11) is 0. The molecule has 1 unspecified atom stereocenters. The number of rotatable bonds is 1. The minimum atomic E-state index is 0.590. The van der Waals surface area contributed by atoms with Crippen molar-refractivity contribution in [1.82, 2.24) is 0 Å². The third-order valence-corrected chi connectivity index (χ3v) is 4.34. The van der Waals surface area contributed by atoms with Crippen LogP contribution in [0, 0.1) is 0 Å². The summed E-state index contributed by atoms with van der Waals surface area (Å²) in [5.41, 5.74) is 8.96. The van der Waals surface area contributed by atoms with Gasteiger partial charge in [-0.2, -0.15) is 0 Å². The largest absolute Gasteiger partial charge is 0.330 e. The van der Waals surface area contributed by atoms with Crippen molar-refractivity contribution in [2.45, 2.75) is 25.2 Å². The Hall–Kier alpha value is -0.860. The van der Waals surface area contributed by atoms with E-state index in [1.165, 1.54) is 34.9 Å². The number of hydrogen-bond donors (Lipinski definition) is 1. The molecule has 15 heavy (non-hydrogen) atoms. The number of fused-ring (bicyclic) bond motifs is 3. The SMILES string of the molecule is NCC1CCCc2ccc3sccc3c21. The first-order valence-electron chi connectivity index (χ1n) is 5.59. The maximum absolute atomic E-state index is 5.88. The van der Waals surface area contributed by atoms with Gasteiger partial charge in [0.05, 0.1) is 0 Å². The van der Waals surface area contributed by atoms with Crippen LogP contribution in [0.1, 0.15) is 29.9 Å². The predicted molar refractivity (Wildman–Crippen MR) is 66.6 cm³/mol. The lowest BCUT2D eigenvalue weighted by Gasteiger charge is -2.25. The molecular formula is C13H15NS. The molecule has 2 heteroatoms. The van der Waals surface area contributed by atoms with Crippen LogP contribution in [-0.4, -0.2) is 6.54 Å². The van der Waals surface area contributed by atoms with Gasteiger partial charge in [0.15, 0.2) is 0 Å². The number of thiophene rings is 1. The molecule has 2 aromatic rings. The van der Waals surface area contributed by atoms with E-state index in [1.807, 2.05) is 11.3 Å². The smallest absolute Gasteiger partial charge is 0.0345 e. The van der Waals surface area contributed by atoms with E-state index in [4.69, 9.17) is 5.73 Å². The number of hydrogen-bond acceptors (Lipinski definition) is 2. The van der Waals surface area contributed by atoms with Crippen molar-refractivity contribution in [1.29, 1.82) is 0 Å². The Morgan fingerprint density at radius 1 is 1.33 bits per heavy atom.